The number of nitrogens with two attached hydrogens (primary N) is 1. The van der Waals surface area contributed by atoms with E-state index in [-0.39, 0.29) is 5.56 Å². The molecule has 6 heteroatoms. The molecule has 2 rings (SSSR count). The molecule has 0 saturated carbocycles. The normalized spacial score (nSPS) is 10.6. The Morgan fingerprint density at radius 2 is 2.36 bits per heavy atom. The Bertz CT molecular complexity index is 521. The quantitative estimate of drug-likeness (QED) is 0.722. The van der Waals surface area contributed by atoms with E-state index in [1.165, 1.54) is 12.4 Å². The summed E-state index contributed by atoms with van der Waals surface area (Å²) in [6.45, 7) is 0. The maximum atomic E-state index is 10.8. The van der Waals surface area contributed by atoms with Crippen molar-refractivity contribution in [2.24, 2.45) is 0 Å². The van der Waals surface area contributed by atoms with Crippen LogP contribution < -0.4 is 5.73 Å². The number of nitrogen functional groups attached to an aromatic ring is 1. The molecule has 0 saturated heterocycles. The number of carbonyl (C=O) groups is 1. The Morgan fingerprint density at radius 1 is 1.64 bits per heavy atom. The van der Waals surface area contributed by atoms with Crippen molar-refractivity contribution in [2.75, 3.05) is 5.73 Å². The lowest BCUT2D eigenvalue weighted by atomic mass is 10.2. The predicted octanol–water partition coefficient (Wildman–Crippen LogP) is 1.61. The Morgan fingerprint density at radius 3 is 3.00 bits per heavy atom. The monoisotopic (exact) mass is 255 g/mol. The molecule has 72 valence electrons. The van der Waals surface area contributed by atoms with Crippen LogP contribution in [0.1, 0.15) is 10.4 Å². The molecule has 0 aromatic carbocycles. The number of hydrogen-bond donors (Lipinski definition) is 3. The molecule has 14 heavy (non-hydrogen) atoms. The van der Waals surface area contributed by atoms with Gasteiger partial charge in [0.25, 0.3) is 0 Å². The first kappa shape index (κ1) is 9.01. The van der Waals surface area contributed by atoms with Crippen molar-refractivity contribution in [1.29, 1.82) is 0 Å². The van der Waals surface area contributed by atoms with Crippen LogP contribution in [0.2, 0.25) is 0 Å². The highest BCUT2D eigenvalue weighted by Gasteiger charge is 2.14. The maximum absolute atomic E-state index is 10.8. The van der Waals surface area contributed by atoms with E-state index < -0.39 is 5.97 Å². The molecule has 0 fully saturated rings. The lowest BCUT2D eigenvalue weighted by molar-refractivity contribution is 0.0699. The molecule has 2 heterocycles. The summed E-state index contributed by atoms with van der Waals surface area (Å²) >= 11 is 3.21. The lowest BCUT2D eigenvalue weighted by Gasteiger charge is -1.98. The Balaban J connectivity index is 2.83. The van der Waals surface area contributed by atoms with Crippen molar-refractivity contribution in [3.8, 4) is 0 Å². The summed E-state index contributed by atoms with van der Waals surface area (Å²) in [4.78, 5) is 17.5. The zero-order chi connectivity index (χ0) is 10.3. The summed E-state index contributed by atoms with van der Waals surface area (Å²) in [7, 11) is 0. The molecule has 0 aliphatic rings. The second-order valence-corrected chi connectivity index (χ2v) is 3.61. The molecule has 0 amide bonds. The van der Waals surface area contributed by atoms with E-state index >= 15 is 0 Å². The fourth-order valence-corrected chi connectivity index (χ4v) is 1.53. The van der Waals surface area contributed by atoms with Gasteiger partial charge in [0.2, 0.25) is 0 Å². The maximum Gasteiger partial charge on any atom is 0.339 e. The van der Waals surface area contributed by atoms with Gasteiger partial charge in [0.1, 0.15) is 11.1 Å². The number of rotatable bonds is 1. The third-order valence-corrected chi connectivity index (χ3v) is 2.55. The summed E-state index contributed by atoms with van der Waals surface area (Å²) in [5, 5.41) is 8.82. The van der Waals surface area contributed by atoms with Crippen LogP contribution in [0.25, 0.3) is 11.0 Å². The minimum absolute atomic E-state index is 0.124. The smallest absolute Gasteiger partial charge is 0.339 e. The van der Waals surface area contributed by atoms with Gasteiger partial charge < -0.3 is 15.8 Å². The molecular formula is C8H6BrN3O2. The third-order valence-electron chi connectivity index (χ3n) is 1.92. The van der Waals surface area contributed by atoms with Crippen LogP contribution in [-0.4, -0.2) is 21.0 Å². The van der Waals surface area contributed by atoms with Crippen LogP contribution in [0, 0.1) is 0 Å². The number of aromatic carboxylic acids is 1. The molecule has 5 nitrogen and oxygen atoms in total. The van der Waals surface area contributed by atoms with E-state index in [4.69, 9.17) is 10.8 Å². The average Bonchev–Trinajstić information content (AvgIpc) is 2.55. The fraction of sp³-hybridized carbons (Fsp3) is 0. The van der Waals surface area contributed by atoms with Crippen LogP contribution in [0.5, 0.6) is 0 Å². The predicted molar refractivity (Wildman–Crippen MR) is 55.2 cm³/mol. The van der Waals surface area contributed by atoms with Gasteiger partial charge in [-0.15, -0.1) is 0 Å². The van der Waals surface area contributed by atoms with Crippen LogP contribution in [0.15, 0.2) is 16.9 Å². The molecule has 4 N–H and O–H groups in total. The van der Waals surface area contributed by atoms with Crippen LogP contribution >= 0.6 is 15.9 Å². The first-order chi connectivity index (χ1) is 6.61. The number of pyridine rings is 1. The highest BCUT2D eigenvalue weighted by Crippen LogP contribution is 2.27. The number of carboxylic acids is 1. The topological polar surface area (TPSA) is 92.0 Å². The van der Waals surface area contributed by atoms with Crippen LogP contribution in [-0.2, 0) is 0 Å². The first-order valence-electron chi connectivity index (χ1n) is 3.75. The standard InChI is InChI=1S/C8H6BrN3O2/c9-4-2-12-6-3(8(13)14)1-11-7(6)5(4)10/h1-2,11H,(H2,10,12)(H,13,14). The summed E-state index contributed by atoms with van der Waals surface area (Å²) in [6, 6.07) is 0. The Labute approximate surface area is 87.1 Å². The van der Waals surface area contributed by atoms with Gasteiger partial charge in [-0.1, -0.05) is 0 Å². The molecule has 0 aliphatic heterocycles. The van der Waals surface area contributed by atoms with E-state index in [0.29, 0.717) is 21.2 Å². The molecule has 0 unspecified atom stereocenters. The van der Waals surface area contributed by atoms with E-state index in [1.54, 1.807) is 0 Å². The van der Waals surface area contributed by atoms with Gasteiger partial charge in [0.05, 0.1) is 15.7 Å². The first-order valence-corrected chi connectivity index (χ1v) is 4.55. The lowest BCUT2D eigenvalue weighted by Crippen LogP contribution is -1.96. The minimum Gasteiger partial charge on any atom is -0.478 e. The average molecular weight is 256 g/mol. The second-order valence-electron chi connectivity index (χ2n) is 2.75. The van der Waals surface area contributed by atoms with E-state index in [9.17, 15) is 4.79 Å². The molecule has 0 radical (unpaired) electrons. The van der Waals surface area contributed by atoms with Crippen LogP contribution in [0.3, 0.4) is 0 Å². The molecule has 2 aromatic rings. The van der Waals surface area contributed by atoms with Gasteiger partial charge in [0, 0.05) is 12.4 Å². The third kappa shape index (κ3) is 1.15. The van der Waals surface area contributed by atoms with Gasteiger partial charge >= 0.3 is 5.97 Å². The van der Waals surface area contributed by atoms with Crippen molar-refractivity contribution in [3.63, 3.8) is 0 Å². The molecule has 2 aromatic heterocycles. The number of aromatic nitrogens is 2. The van der Waals surface area contributed by atoms with Gasteiger partial charge in [-0.2, -0.15) is 0 Å². The van der Waals surface area contributed by atoms with E-state index in [0.717, 1.165) is 0 Å². The summed E-state index contributed by atoms with van der Waals surface area (Å²) < 4.78 is 0.642. The highest BCUT2D eigenvalue weighted by atomic mass is 79.9. The molecule has 0 spiro atoms. The van der Waals surface area contributed by atoms with Crippen molar-refractivity contribution < 1.29 is 9.90 Å². The zero-order valence-corrected chi connectivity index (χ0v) is 8.50. The molecule has 0 atom stereocenters. The van der Waals surface area contributed by atoms with Gasteiger partial charge in [-0.3, -0.25) is 4.98 Å². The number of carboxylic acid groups (broad SMARTS) is 1. The van der Waals surface area contributed by atoms with Gasteiger partial charge in [-0.05, 0) is 15.9 Å². The molecule has 0 aliphatic carbocycles. The number of nitrogens with zero attached hydrogens (tertiary/aromatic N) is 1. The Hall–Kier alpha value is -1.56. The Kier molecular flexibility index (Phi) is 1.92. The van der Waals surface area contributed by atoms with Crippen molar-refractivity contribution >= 4 is 38.6 Å². The highest BCUT2D eigenvalue weighted by molar-refractivity contribution is 9.10. The number of anilines is 1. The minimum atomic E-state index is -1.02. The number of hydrogen-bond acceptors (Lipinski definition) is 3. The van der Waals surface area contributed by atoms with Crippen molar-refractivity contribution in [2.45, 2.75) is 0 Å². The number of H-pyrrole nitrogens is 1. The van der Waals surface area contributed by atoms with Crippen molar-refractivity contribution in [1.82, 2.24) is 9.97 Å². The van der Waals surface area contributed by atoms with Crippen molar-refractivity contribution in [3.05, 3.63) is 22.4 Å². The van der Waals surface area contributed by atoms with E-state index in [1.807, 2.05) is 0 Å². The number of fused-ring (bicyclic) bond motifs is 1. The number of aromatic amines is 1. The van der Waals surface area contributed by atoms with Gasteiger partial charge in [0.15, 0.2) is 0 Å². The molecule has 0 bridgehead atoms. The SMILES string of the molecule is Nc1c(Br)cnc2c(C(=O)O)c[nH]c12. The van der Waals surface area contributed by atoms with Gasteiger partial charge in [-0.25, -0.2) is 4.79 Å². The second kappa shape index (κ2) is 2.98. The molecular weight excluding hydrogens is 250 g/mol. The fourth-order valence-electron chi connectivity index (χ4n) is 1.23. The van der Waals surface area contributed by atoms with E-state index in [2.05, 4.69) is 25.9 Å². The van der Waals surface area contributed by atoms with Crippen LogP contribution in [0.4, 0.5) is 5.69 Å². The largest absolute Gasteiger partial charge is 0.478 e. The summed E-state index contributed by atoms with van der Waals surface area (Å²) in [5.74, 6) is -1.02. The summed E-state index contributed by atoms with van der Waals surface area (Å²) in [5.41, 5.74) is 7.22. The number of halogens is 1. The zero-order valence-electron chi connectivity index (χ0n) is 6.91. The number of nitrogens with one attached hydrogen (secondary N) is 1. The summed E-state index contributed by atoms with van der Waals surface area (Å²) in [6.07, 6.45) is 2.86.